The van der Waals surface area contributed by atoms with Gasteiger partial charge in [-0.25, -0.2) is 9.18 Å². The minimum atomic E-state index is -0.496. The lowest BCUT2D eigenvalue weighted by Gasteiger charge is -2.15. The lowest BCUT2D eigenvalue weighted by Crippen LogP contribution is -2.28. The number of nitrogens with zero attached hydrogens (tertiary/aromatic N) is 1. The maximum absolute atomic E-state index is 13.8. The van der Waals surface area contributed by atoms with Crippen LogP contribution in [0, 0.1) is 5.82 Å². The van der Waals surface area contributed by atoms with Crippen molar-refractivity contribution in [2.24, 2.45) is 0 Å². The Morgan fingerprint density at radius 2 is 2.08 bits per heavy atom. The first-order valence-corrected chi connectivity index (χ1v) is 8.20. The number of hydrogen-bond donors (Lipinski definition) is 1. The van der Waals surface area contributed by atoms with Gasteiger partial charge in [-0.1, -0.05) is 18.2 Å². The number of aromatic nitrogens is 1. The van der Waals surface area contributed by atoms with Gasteiger partial charge < -0.3 is 14.5 Å². The fourth-order valence-corrected chi connectivity index (χ4v) is 2.79. The topological polar surface area (TPSA) is 73.5 Å². The lowest BCUT2D eigenvalue weighted by atomic mass is 10.1. The molecule has 0 unspecified atom stereocenters. The van der Waals surface area contributed by atoms with Crippen molar-refractivity contribution < 1.29 is 18.3 Å². The number of amides is 1. The van der Waals surface area contributed by atoms with E-state index in [1.165, 1.54) is 23.8 Å². The molecule has 1 atom stereocenters. The van der Waals surface area contributed by atoms with Crippen LogP contribution in [-0.4, -0.2) is 17.6 Å². The monoisotopic (exact) mass is 358 g/mol. The summed E-state index contributed by atoms with van der Waals surface area (Å²) in [6.45, 7) is 1.96. The molecule has 6 nitrogen and oxygen atoms in total. The van der Waals surface area contributed by atoms with Crippen LogP contribution >= 0.6 is 0 Å². The van der Waals surface area contributed by atoms with Gasteiger partial charge in [-0.2, -0.15) is 0 Å². The maximum atomic E-state index is 13.8. The molecule has 26 heavy (non-hydrogen) atoms. The second-order valence-corrected chi connectivity index (χ2v) is 5.92. The lowest BCUT2D eigenvalue weighted by molar-refractivity contribution is -0.121. The summed E-state index contributed by atoms with van der Waals surface area (Å²) in [7, 11) is 1.39. The number of oxazole rings is 1. The highest BCUT2D eigenvalue weighted by Crippen LogP contribution is 2.21. The molecular formula is C19H19FN2O4. The molecule has 0 bridgehead atoms. The van der Waals surface area contributed by atoms with E-state index in [1.54, 1.807) is 37.3 Å². The third-order valence-electron chi connectivity index (χ3n) is 4.19. The van der Waals surface area contributed by atoms with Crippen LogP contribution in [-0.2, 0) is 11.3 Å². The standard InChI is InChI=1S/C19H19FN2O4/c1-12(13-7-8-16(25-2)14(20)11-13)21-18(23)9-10-22-15-5-3-4-6-17(15)26-19(22)24/h3-8,11-12H,9-10H2,1-2H3,(H,21,23)/t12-/m0/s1. The Hall–Kier alpha value is -3.09. The molecule has 0 aliphatic carbocycles. The highest BCUT2D eigenvalue weighted by Gasteiger charge is 2.14. The van der Waals surface area contributed by atoms with Gasteiger partial charge in [-0.3, -0.25) is 9.36 Å². The van der Waals surface area contributed by atoms with Crippen molar-refractivity contribution in [3.8, 4) is 5.75 Å². The molecule has 3 rings (SSSR count). The molecule has 0 spiro atoms. The number of para-hydroxylation sites is 2. The maximum Gasteiger partial charge on any atom is 0.419 e. The summed E-state index contributed by atoms with van der Waals surface area (Å²) in [4.78, 5) is 24.1. The molecular weight excluding hydrogens is 339 g/mol. The van der Waals surface area contributed by atoms with Crippen molar-refractivity contribution in [1.82, 2.24) is 9.88 Å². The van der Waals surface area contributed by atoms with Gasteiger partial charge in [0.2, 0.25) is 5.91 Å². The Bertz CT molecular complexity index is 993. The Kier molecular flexibility index (Phi) is 5.06. The predicted molar refractivity (Wildman–Crippen MR) is 94.6 cm³/mol. The number of ether oxygens (including phenoxy) is 1. The normalized spacial score (nSPS) is 12.1. The number of aryl methyl sites for hydroxylation is 1. The number of fused-ring (bicyclic) bond motifs is 1. The molecule has 0 saturated carbocycles. The minimum absolute atomic E-state index is 0.104. The Balaban J connectivity index is 1.64. The molecule has 1 N–H and O–H groups in total. The van der Waals surface area contributed by atoms with E-state index in [-0.39, 0.29) is 30.7 Å². The first-order valence-electron chi connectivity index (χ1n) is 8.20. The van der Waals surface area contributed by atoms with Gasteiger partial charge in [-0.15, -0.1) is 0 Å². The van der Waals surface area contributed by atoms with E-state index in [0.29, 0.717) is 16.7 Å². The Labute approximate surface area is 149 Å². The van der Waals surface area contributed by atoms with Crippen LogP contribution in [0.3, 0.4) is 0 Å². The largest absolute Gasteiger partial charge is 0.494 e. The van der Waals surface area contributed by atoms with Gasteiger partial charge >= 0.3 is 5.76 Å². The van der Waals surface area contributed by atoms with Crippen LogP contribution in [0.2, 0.25) is 0 Å². The summed E-state index contributed by atoms with van der Waals surface area (Å²) < 4.78 is 25.2. The van der Waals surface area contributed by atoms with Gasteiger partial charge in [0.15, 0.2) is 17.1 Å². The van der Waals surface area contributed by atoms with E-state index in [9.17, 15) is 14.0 Å². The van der Waals surface area contributed by atoms with Crippen LogP contribution < -0.4 is 15.8 Å². The van der Waals surface area contributed by atoms with Crippen molar-refractivity contribution in [1.29, 1.82) is 0 Å². The van der Waals surface area contributed by atoms with Gasteiger partial charge in [0.25, 0.3) is 0 Å². The Morgan fingerprint density at radius 3 is 2.81 bits per heavy atom. The molecule has 1 heterocycles. The summed E-state index contributed by atoms with van der Waals surface area (Å²) in [5, 5.41) is 2.80. The SMILES string of the molecule is COc1ccc([C@H](C)NC(=O)CCn2c(=O)oc3ccccc32)cc1F. The second kappa shape index (κ2) is 7.43. The third kappa shape index (κ3) is 3.61. The van der Waals surface area contributed by atoms with E-state index in [4.69, 9.17) is 9.15 Å². The van der Waals surface area contributed by atoms with Crippen molar-refractivity contribution >= 4 is 17.0 Å². The third-order valence-corrected chi connectivity index (χ3v) is 4.19. The number of carbonyl (C=O) groups excluding carboxylic acids is 1. The molecule has 136 valence electrons. The molecule has 7 heteroatoms. The van der Waals surface area contributed by atoms with Gasteiger partial charge in [0, 0.05) is 13.0 Å². The van der Waals surface area contributed by atoms with Crippen molar-refractivity contribution in [2.45, 2.75) is 25.9 Å². The zero-order chi connectivity index (χ0) is 18.7. The molecule has 0 aliphatic rings. The number of benzene rings is 2. The zero-order valence-corrected chi connectivity index (χ0v) is 14.5. The van der Waals surface area contributed by atoms with Crippen LogP contribution in [0.4, 0.5) is 4.39 Å². The smallest absolute Gasteiger partial charge is 0.419 e. The van der Waals surface area contributed by atoms with Gasteiger partial charge in [0.05, 0.1) is 18.7 Å². The number of rotatable bonds is 6. The van der Waals surface area contributed by atoms with Crippen LogP contribution in [0.15, 0.2) is 51.7 Å². The number of hydrogen-bond acceptors (Lipinski definition) is 4. The first-order chi connectivity index (χ1) is 12.5. The highest BCUT2D eigenvalue weighted by molar-refractivity contribution is 5.77. The van der Waals surface area contributed by atoms with E-state index >= 15 is 0 Å². The molecule has 2 aromatic carbocycles. The fraction of sp³-hybridized carbons (Fsp3) is 0.263. The Morgan fingerprint density at radius 1 is 1.31 bits per heavy atom. The molecule has 0 saturated heterocycles. The number of nitrogens with one attached hydrogen (secondary N) is 1. The van der Waals surface area contributed by atoms with Crippen LogP contribution in [0.1, 0.15) is 24.9 Å². The average Bonchev–Trinajstić information content (AvgIpc) is 2.95. The highest BCUT2D eigenvalue weighted by atomic mass is 19.1. The fourth-order valence-electron chi connectivity index (χ4n) is 2.79. The number of halogens is 1. The van der Waals surface area contributed by atoms with E-state index in [2.05, 4.69) is 5.32 Å². The zero-order valence-electron chi connectivity index (χ0n) is 14.5. The summed E-state index contributed by atoms with van der Waals surface area (Å²) in [5.74, 6) is -1.07. The summed E-state index contributed by atoms with van der Waals surface area (Å²) in [6.07, 6.45) is 0.104. The number of methoxy groups -OCH3 is 1. The van der Waals surface area contributed by atoms with Crippen molar-refractivity contribution in [2.75, 3.05) is 7.11 Å². The van der Waals surface area contributed by atoms with Crippen molar-refractivity contribution in [3.05, 3.63) is 64.4 Å². The molecule has 1 amide bonds. The number of carbonyl (C=O) groups is 1. The van der Waals surface area contributed by atoms with Gasteiger partial charge in [0.1, 0.15) is 0 Å². The van der Waals surface area contributed by atoms with Gasteiger partial charge in [-0.05, 0) is 36.8 Å². The molecule has 0 aliphatic heterocycles. The molecule has 0 fully saturated rings. The van der Waals surface area contributed by atoms with Crippen molar-refractivity contribution in [3.63, 3.8) is 0 Å². The minimum Gasteiger partial charge on any atom is -0.494 e. The van der Waals surface area contributed by atoms with E-state index in [1.807, 2.05) is 0 Å². The predicted octanol–water partition coefficient (Wildman–Crippen LogP) is 3.01. The first kappa shape index (κ1) is 17.7. The summed E-state index contributed by atoms with van der Waals surface area (Å²) in [5.41, 5.74) is 1.76. The molecule has 3 aromatic rings. The van der Waals surface area contributed by atoms with Crippen LogP contribution in [0.25, 0.3) is 11.1 Å². The van der Waals surface area contributed by atoms with E-state index < -0.39 is 11.6 Å². The molecule has 1 aromatic heterocycles. The second-order valence-electron chi connectivity index (χ2n) is 5.92. The molecule has 0 radical (unpaired) electrons. The van der Waals surface area contributed by atoms with Crippen LogP contribution in [0.5, 0.6) is 5.75 Å². The average molecular weight is 358 g/mol. The summed E-state index contributed by atoms with van der Waals surface area (Å²) in [6, 6.07) is 11.2. The quantitative estimate of drug-likeness (QED) is 0.735. The van der Waals surface area contributed by atoms with E-state index in [0.717, 1.165) is 0 Å². The summed E-state index contributed by atoms with van der Waals surface area (Å²) >= 11 is 0.